The fourth-order valence-electron chi connectivity index (χ4n) is 0.300. The van der Waals surface area contributed by atoms with E-state index in [-0.39, 0.29) is 45.4 Å². The first-order valence-corrected chi connectivity index (χ1v) is 4.54. The van der Waals surface area contributed by atoms with E-state index >= 15 is 0 Å². The van der Waals surface area contributed by atoms with Crippen LogP contribution in [0.15, 0.2) is 0 Å². The summed E-state index contributed by atoms with van der Waals surface area (Å²) in [5.41, 5.74) is 0. The summed E-state index contributed by atoms with van der Waals surface area (Å²) in [6.45, 7) is 1.11. The molecule has 0 aliphatic heterocycles. The van der Waals surface area contributed by atoms with Crippen LogP contribution in [0.3, 0.4) is 0 Å². The molecule has 0 fully saturated rings. The molecule has 0 atom stereocenters. The predicted octanol–water partition coefficient (Wildman–Crippen LogP) is -1.77. The quantitative estimate of drug-likeness (QED) is 0.333. The van der Waals surface area contributed by atoms with Crippen molar-refractivity contribution in [2.45, 2.75) is 0 Å². The predicted molar refractivity (Wildman–Crippen MR) is 44.6 cm³/mol. The zero-order chi connectivity index (χ0) is 8.62. The minimum absolute atomic E-state index is 0. The average molecular weight is 211 g/mol. The molecule has 0 saturated heterocycles. The van der Waals surface area contributed by atoms with Crippen molar-refractivity contribution in [3.05, 3.63) is 0 Å². The van der Waals surface area contributed by atoms with Crippen molar-refractivity contribution in [1.82, 2.24) is 0 Å². The summed E-state index contributed by atoms with van der Waals surface area (Å²) in [5, 5.41) is 8.39. The summed E-state index contributed by atoms with van der Waals surface area (Å²) in [6, 6.07) is 0. The largest absolute Gasteiger partial charge is 1.00 e. The summed E-state index contributed by atoms with van der Waals surface area (Å²) in [5.74, 6) is 0. The molecule has 0 spiro atoms. The third-order valence-corrected chi connectivity index (χ3v) is 0.771. The van der Waals surface area contributed by atoms with E-state index in [9.17, 15) is 0 Å². The Balaban J connectivity index is -0.0000000569. The molecule has 6 heteroatoms. The Bertz CT molecular complexity index is 94.0. The van der Waals surface area contributed by atoms with Crippen LogP contribution in [-0.4, -0.2) is 43.9 Å². The summed E-state index contributed by atoms with van der Waals surface area (Å²) in [6.07, 6.45) is 0. The van der Waals surface area contributed by atoms with E-state index in [1.54, 1.807) is 0 Å². The van der Waals surface area contributed by atoms with Gasteiger partial charge in [0.15, 0.2) is 0 Å². The van der Waals surface area contributed by atoms with Gasteiger partial charge in [0.2, 0.25) is 0 Å². The second kappa shape index (κ2) is 11.3. The van der Waals surface area contributed by atoms with Crippen LogP contribution < -0.4 is 29.6 Å². The van der Waals surface area contributed by atoms with Crippen molar-refractivity contribution in [2.24, 2.45) is 0 Å². The number of likely N-dealkylation sites (N-methyl/N-ethyl adjacent to an activating group) is 1. The minimum atomic E-state index is -0.361. The number of rotatable bonds is 2. The van der Waals surface area contributed by atoms with E-state index in [4.69, 9.17) is 9.67 Å². The minimum Gasteiger partial charge on any atom is -1.00 e. The molecule has 0 aliphatic carbocycles. The molecule has 0 bridgehead atoms. The van der Waals surface area contributed by atoms with Gasteiger partial charge in [-0.2, -0.15) is 0 Å². The van der Waals surface area contributed by atoms with Gasteiger partial charge in [0, 0.05) is 0 Å². The van der Waals surface area contributed by atoms with Crippen LogP contribution in [0.5, 0.6) is 0 Å². The first-order valence-electron chi connectivity index (χ1n) is 2.83. The first kappa shape index (κ1) is 18.2. The standard InChI is InChI=1S/C5H14NO.ClOP.Na.H/c1-6(2,3)4-5-7;1-3-2;;/h7H,4-5H2,1-3H3;;;/q+1;;+1;-1. The number of nitrogens with zero attached hydrogens (tertiary/aromatic N) is 1. The van der Waals surface area contributed by atoms with Crippen LogP contribution in [0.1, 0.15) is 1.43 Å². The SMILES string of the molecule is C[N+](C)(C)CCO.O=PCl.[H-].[Na+]. The number of aliphatic hydroxyl groups excluding tert-OH is 1. The van der Waals surface area contributed by atoms with Gasteiger partial charge in [0.25, 0.3) is 7.81 Å². The molecular formula is C5H15ClNNaO2P+. The molecule has 0 rings (SSSR count). The molecular weight excluding hydrogens is 195 g/mol. The van der Waals surface area contributed by atoms with Crippen LogP contribution in [0, 0.1) is 0 Å². The number of hydrogen-bond donors (Lipinski definition) is 1. The summed E-state index contributed by atoms with van der Waals surface area (Å²) in [4.78, 5) is 0. The summed E-state index contributed by atoms with van der Waals surface area (Å²) < 4.78 is 9.51. The van der Waals surface area contributed by atoms with E-state index in [0.29, 0.717) is 0 Å². The van der Waals surface area contributed by atoms with Gasteiger partial charge in [-0.1, -0.05) is 0 Å². The van der Waals surface area contributed by atoms with Crippen LogP contribution in [0.25, 0.3) is 0 Å². The molecule has 0 aromatic heterocycles. The van der Waals surface area contributed by atoms with Crippen molar-refractivity contribution in [3.63, 3.8) is 0 Å². The molecule has 0 aromatic rings. The number of halogens is 1. The molecule has 0 unspecified atom stereocenters. The van der Waals surface area contributed by atoms with Gasteiger partial charge >= 0.3 is 29.6 Å². The second-order valence-corrected chi connectivity index (χ2v) is 3.36. The van der Waals surface area contributed by atoms with Crippen LogP contribution in [0.2, 0.25) is 0 Å². The van der Waals surface area contributed by atoms with E-state index in [2.05, 4.69) is 32.4 Å². The maximum Gasteiger partial charge on any atom is 1.00 e. The smallest absolute Gasteiger partial charge is 1.00 e. The van der Waals surface area contributed by atoms with Crippen LogP contribution >= 0.6 is 19.1 Å². The van der Waals surface area contributed by atoms with Crippen molar-refractivity contribution in [2.75, 3.05) is 34.3 Å². The van der Waals surface area contributed by atoms with Crippen molar-refractivity contribution >= 4 is 19.1 Å². The van der Waals surface area contributed by atoms with Crippen LogP contribution in [0.4, 0.5) is 0 Å². The van der Waals surface area contributed by atoms with Gasteiger partial charge in [0.05, 0.1) is 27.7 Å². The molecule has 0 radical (unpaired) electrons. The normalized spacial score (nSPS) is 9.55. The number of aliphatic hydroxyl groups is 1. The Morgan fingerprint density at radius 2 is 1.82 bits per heavy atom. The third kappa shape index (κ3) is 34.8. The van der Waals surface area contributed by atoms with Crippen LogP contribution in [-0.2, 0) is 4.57 Å². The second-order valence-electron chi connectivity index (χ2n) is 2.81. The van der Waals surface area contributed by atoms with E-state index in [0.717, 1.165) is 11.0 Å². The van der Waals surface area contributed by atoms with Gasteiger partial charge in [-0.15, -0.1) is 0 Å². The molecule has 0 aliphatic rings. The van der Waals surface area contributed by atoms with Gasteiger partial charge in [-0.25, -0.2) is 0 Å². The van der Waals surface area contributed by atoms with Gasteiger partial charge in [-0.05, 0) is 11.2 Å². The maximum absolute atomic E-state index is 8.67. The van der Waals surface area contributed by atoms with E-state index in [1.165, 1.54) is 0 Å². The third-order valence-electron chi connectivity index (χ3n) is 0.771. The Morgan fingerprint density at radius 3 is 1.82 bits per heavy atom. The Hall–Kier alpha value is 1.31. The molecule has 0 aromatic carbocycles. The average Bonchev–Trinajstić information content (AvgIpc) is 1.63. The van der Waals surface area contributed by atoms with Gasteiger partial charge in [0.1, 0.15) is 6.54 Å². The zero-order valence-electron chi connectivity index (χ0n) is 8.54. The molecule has 64 valence electrons. The summed E-state index contributed by atoms with van der Waals surface area (Å²) in [7, 11) is 5.79. The zero-order valence-corrected chi connectivity index (χ0v) is 11.2. The number of hydrogen-bond acceptors (Lipinski definition) is 2. The molecule has 0 saturated carbocycles. The van der Waals surface area contributed by atoms with Gasteiger partial charge < -0.3 is 11.0 Å². The topological polar surface area (TPSA) is 37.3 Å². The fourth-order valence-corrected chi connectivity index (χ4v) is 0.300. The fraction of sp³-hybridized carbons (Fsp3) is 1.00. The van der Waals surface area contributed by atoms with Crippen molar-refractivity contribution in [3.8, 4) is 0 Å². The van der Waals surface area contributed by atoms with Crippen molar-refractivity contribution in [1.29, 1.82) is 0 Å². The molecule has 11 heavy (non-hydrogen) atoms. The summed E-state index contributed by atoms with van der Waals surface area (Å²) >= 11 is 4.42. The van der Waals surface area contributed by atoms with Gasteiger partial charge in [-0.3, -0.25) is 4.57 Å². The Kier molecular flexibility index (Phi) is 18.7. The molecule has 0 heterocycles. The van der Waals surface area contributed by atoms with E-state index < -0.39 is 0 Å². The van der Waals surface area contributed by atoms with Crippen molar-refractivity contribution < 1.29 is 45.1 Å². The monoisotopic (exact) mass is 210 g/mol. The maximum atomic E-state index is 8.67. The number of quaternary nitrogens is 1. The molecule has 3 nitrogen and oxygen atoms in total. The Labute approximate surface area is 98.1 Å². The van der Waals surface area contributed by atoms with E-state index in [1.807, 2.05) is 0 Å². The molecule has 1 N–H and O–H groups in total. The molecule has 0 amide bonds. The Morgan fingerprint density at radius 1 is 1.55 bits per heavy atom. The first-order chi connectivity index (χ1) is 4.47.